The molecule has 24 heavy (non-hydrogen) atoms. The lowest BCUT2D eigenvalue weighted by Gasteiger charge is -2.21. The molecule has 2 aromatic heterocycles. The van der Waals surface area contributed by atoms with Gasteiger partial charge in [-0.25, -0.2) is 0 Å². The zero-order valence-corrected chi connectivity index (χ0v) is 14.5. The summed E-state index contributed by atoms with van der Waals surface area (Å²) in [6.07, 6.45) is 3.85. The monoisotopic (exact) mass is 346 g/mol. The fourth-order valence-corrected chi connectivity index (χ4v) is 3.75. The molecule has 1 saturated carbocycles. The minimum Gasteiger partial charge on any atom is -0.341 e. The Kier molecular flexibility index (Phi) is 4.62. The number of hydrogen-bond acceptors (Lipinski definition) is 6. The van der Waals surface area contributed by atoms with E-state index in [1.54, 1.807) is 11.3 Å². The molecular formula is C17H22N4O2S. The number of rotatable bonds is 5. The van der Waals surface area contributed by atoms with Crippen LogP contribution in [0.25, 0.3) is 0 Å². The zero-order chi connectivity index (χ0) is 16.4. The number of amides is 1. The van der Waals surface area contributed by atoms with Gasteiger partial charge in [0, 0.05) is 32.1 Å². The zero-order valence-electron chi connectivity index (χ0n) is 13.7. The van der Waals surface area contributed by atoms with Crippen LogP contribution >= 0.6 is 11.3 Å². The molecule has 1 aliphatic carbocycles. The number of nitrogens with zero attached hydrogens (tertiary/aromatic N) is 4. The van der Waals surface area contributed by atoms with Crippen molar-refractivity contribution in [1.82, 2.24) is 19.9 Å². The van der Waals surface area contributed by atoms with Gasteiger partial charge in [-0.05, 0) is 41.7 Å². The summed E-state index contributed by atoms with van der Waals surface area (Å²) in [5, 5.41) is 8.17. The van der Waals surface area contributed by atoms with E-state index < -0.39 is 0 Å². The summed E-state index contributed by atoms with van der Waals surface area (Å²) in [4.78, 5) is 21.3. The second-order valence-electron chi connectivity index (χ2n) is 6.64. The van der Waals surface area contributed by atoms with Gasteiger partial charge in [-0.2, -0.15) is 16.3 Å². The number of aromatic nitrogens is 2. The molecule has 3 heterocycles. The van der Waals surface area contributed by atoms with Crippen LogP contribution in [0.3, 0.4) is 0 Å². The number of thiophene rings is 1. The van der Waals surface area contributed by atoms with E-state index in [1.165, 1.54) is 12.8 Å². The smallest absolute Gasteiger partial charge is 0.229 e. The molecule has 1 aliphatic heterocycles. The highest BCUT2D eigenvalue weighted by Crippen LogP contribution is 2.38. The standard InChI is InChI=1S/C17H22N4O2S/c22-16(10-13-4-9-24-12-13)21-6-1-5-20(7-8-21)11-15-18-17(23-19-15)14-2-3-14/h4,9,12,14H,1-3,5-8,10-11H2. The van der Waals surface area contributed by atoms with E-state index in [1.807, 2.05) is 16.3 Å². The lowest BCUT2D eigenvalue weighted by Crippen LogP contribution is -2.36. The van der Waals surface area contributed by atoms with E-state index in [-0.39, 0.29) is 5.91 Å². The molecular weight excluding hydrogens is 324 g/mol. The molecule has 0 unspecified atom stereocenters. The molecule has 1 amide bonds. The summed E-state index contributed by atoms with van der Waals surface area (Å²) >= 11 is 1.64. The highest BCUT2D eigenvalue weighted by molar-refractivity contribution is 7.07. The van der Waals surface area contributed by atoms with E-state index in [9.17, 15) is 4.79 Å². The van der Waals surface area contributed by atoms with Crippen LogP contribution in [0, 0.1) is 0 Å². The van der Waals surface area contributed by atoms with Gasteiger partial charge in [-0.3, -0.25) is 9.69 Å². The van der Waals surface area contributed by atoms with Gasteiger partial charge in [0.05, 0.1) is 13.0 Å². The molecule has 6 nitrogen and oxygen atoms in total. The maximum atomic E-state index is 12.4. The normalized spacial score (nSPS) is 19.4. The van der Waals surface area contributed by atoms with Gasteiger partial charge in [0.15, 0.2) is 5.82 Å². The third kappa shape index (κ3) is 3.84. The molecule has 0 aromatic carbocycles. The fraction of sp³-hybridized carbons (Fsp3) is 0.588. The molecule has 2 aromatic rings. The van der Waals surface area contributed by atoms with Gasteiger partial charge < -0.3 is 9.42 Å². The van der Waals surface area contributed by atoms with Crippen molar-refractivity contribution in [2.24, 2.45) is 0 Å². The highest BCUT2D eigenvalue weighted by Gasteiger charge is 2.30. The summed E-state index contributed by atoms with van der Waals surface area (Å²) < 4.78 is 5.33. The highest BCUT2D eigenvalue weighted by atomic mass is 32.1. The van der Waals surface area contributed by atoms with Crippen LogP contribution in [0.4, 0.5) is 0 Å². The first-order chi connectivity index (χ1) is 11.8. The van der Waals surface area contributed by atoms with E-state index in [4.69, 9.17) is 4.52 Å². The molecule has 0 atom stereocenters. The van der Waals surface area contributed by atoms with Crippen molar-refractivity contribution in [2.75, 3.05) is 26.2 Å². The quantitative estimate of drug-likeness (QED) is 0.831. The summed E-state index contributed by atoms with van der Waals surface area (Å²) in [5.74, 6) is 2.30. The van der Waals surface area contributed by atoms with Crippen LogP contribution in [-0.4, -0.2) is 52.0 Å². The molecule has 128 valence electrons. The third-order valence-electron chi connectivity index (χ3n) is 4.65. The van der Waals surface area contributed by atoms with Crippen molar-refractivity contribution < 1.29 is 9.32 Å². The largest absolute Gasteiger partial charge is 0.341 e. The molecule has 0 bridgehead atoms. The molecule has 2 fully saturated rings. The lowest BCUT2D eigenvalue weighted by atomic mass is 10.2. The second kappa shape index (κ2) is 7.03. The summed E-state index contributed by atoms with van der Waals surface area (Å²) in [6.45, 7) is 4.15. The predicted octanol–water partition coefficient (Wildman–Crippen LogP) is 2.29. The SMILES string of the molecule is O=C(Cc1ccsc1)N1CCCN(Cc2noc(C3CC3)n2)CC1. The van der Waals surface area contributed by atoms with Crippen molar-refractivity contribution in [3.05, 3.63) is 34.1 Å². The first-order valence-corrected chi connectivity index (χ1v) is 9.56. The fourth-order valence-electron chi connectivity index (χ4n) is 3.09. The Hall–Kier alpha value is -1.73. The molecule has 0 radical (unpaired) electrons. The van der Waals surface area contributed by atoms with Crippen LogP contribution in [-0.2, 0) is 17.8 Å². The van der Waals surface area contributed by atoms with Gasteiger partial charge in [-0.1, -0.05) is 5.16 Å². The van der Waals surface area contributed by atoms with E-state index in [2.05, 4.69) is 20.4 Å². The van der Waals surface area contributed by atoms with Crippen LogP contribution in [0.1, 0.15) is 42.5 Å². The third-order valence-corrected chi connectivity index (χ3v) is 5.38. The van der Waals surface area contributed by atoms with Gasteiger partial charge in [0.25, 0.3) is 0 Å². The molecule has 2 aliphatic rings. The maximum Gasteiger partial charge on any atom is 0.229 e. The van der Waals surface area contributed by atoms with Crippen molar-refractivity contribution in [3.63, 3.8) is 0 Å². The Labute approximate surface area is 145 Å². The maximum absolute atomic E-state index is 12.4. The van der Waals surface area contributed by atoms with Crippen LogP contribution in [0.15, 0.2) is 21.3 Å². The van der Waals surface area contributed by atoms with Crippen LogP contribution < -0.4 is 0 Å². The Morgan fingerprint density at radius 3 is 3.00 bits per heavy atom. The molecule has 1 saturated heterocycles. The second-order valence-corrected chi connectivity index (χ2v) is 7.42. The van der Waals surface area contributed by atoms with Gasteiger partial charge >= 0.3 is 0 Å². The van der Waals surface area contributed by atoms with Crippen molar-refractivity contribution in [2.45, 2.75) is 38.1 Å². The van der Waals surface area contributed by atoms with E-state index in [0.29, 0.717) is 18.9 Å². The number of carbonyl (C=O) groups is 1. The van der Waals surface area contributed by atoms with E-state index >= 15 is 0 Å². The van der Waals surface area contributed by atoms with Crippen molar-refractivity contribution in [1.29, 1.82) is 0 Å². The van der Waals surface area contributed by atoms with E-state index in [0.717, 1.165) is 49.9 Å². The summed E-state index contributed by atoms with van der Waals surface area (Å²) in [6, 6.07) is 2.03. The van der Waals surface area contributed by atoms with Crippen molar-refractivity contribution >= 4 is 17.2 Å². The average Bonchev–Trinajstić information content (AvgIpc) is 3.20. The van der Waals surface area contributed by atoms with Crippen LogP contribution in [0.2, 0.25) is 0 Å². The van der Waals surface area contributed by atoms with Gasteiger partial charge in [0.2, 0.25) is 11.8 Å². The topological polar surface area (TPSA) is 62.5 Å². The average molecular weight is 346 g/mol. The van der Waals surface area contributed by atoms with Crippen LogP contribution in [0.5, 0.6) is 0 Å². The van der Waals surface area contributed by atoms with Gasteiger partial charge in [0.1, 0.15) is 0 Å². The summed E-state index contributed by atoms with van der Waals surface area (Å²) in [5.41, 5.74) is 1.12. The first-order valence-electron chi connectivity index (χ1n) is 8.61. The van der Waals surface area contributed by atoms with Crippen molar-refractivity contribution in [3.8, 4) is 0 Å². The lowest BCUT2D eigenvalue weighted by molar-refractivity contribution is -0.130. The summed E-state index contributed by atoms with van der Waals surface area (Å²) in [7, 11) is 0. The van der Waals surface area contributed by atoms with Gasteiger partial charge in [-0.15, -0.1) is 0 Å². The number of carbonyl (C=O) groups excluding carboxylic acids is 1. The molecule has 4 rings (SSSR count). The Morgan fingerprint density at radius 1 is 1.29 bits per heavy atom. The Bertz CT molecular complexity index is 681. The minimum absolute atomic E-state index is 0.228. The Morgan fingerprint density at radius 2 is 2.21 bits per heavy atom. The molecule has 0 N–H and O–H groups in total. The number of hydrogen-bond donors (Lipinski definition) is 0. The molecule has 7 heteroatoms. The molecule has 0 spiro atoms. The minimum atomic E-state index is 0.228. The predicted molar refractivity (Wildman–Crippen MR) is 90.8 cm³/mol. The first kappa shape index (κ1) is 15.8. The Balaban J connectivity index is 1.29.